The Morgan fingerprint density at radius 3 is 2.50 bits per heavy atom. The Bertz CT molecular complexity index is 1080. The summed E-state index contributed by atoms with van der Waals surface area (Å²) in [4.78, 5) is 41.3. The third kappa shape index (κ3) is 3.17. The summed E-state index contributed by atoms with van der Waals surface area (Å²) in [7, 11) is 4.57. The summed E-state index contributed by atoms with van der Waals surface area (Å²) in [5.41, 5.74) is 0.615. The Labute approximate surface area is 153 Å². The van der Waals surface area contributed by atoms with Gasteiger partial charge in [0.15, 0.2) is 16.3 Å². The average molecular weight is 374 g/mol. The first-order chi connectivity index (χ1) is 12.4. The molecule has 0 saturated heterocycles. The van der Waals surface area contributed by atoms with Crippen molar-refractivity contribution in [3.05, 3.63) is 56.7 Å². The number of fused-ring (bicyclic) bond motifs is 1. The molecule has 0 atom stereocenters. The summed E-state index contributed by atoms with van der Waals surface area (Å²) in [6.45, 7) is 0.179. The Balaban J connectivity index is 2.11. The Morgan fingerprint density at radius 2 is 1.85 bits per heavy atom. The van der Waals surface area contributed by atoms with E-state index in [2.05, 4.69) is 9.72 Å². The number of hydrogen-bond donors (Lipinski definition) is 0. The van der Waals surface area contributed by atoms with Crippen LogP contribution in [0.15, 0.2) is 45.1 Å². The molecule has 0 saturated carbocycles. The second-order valence-electron chi connectivity index (χ2n) is 5.71. The molecule has 0 aliphatic carbocycles. The fourth-order valence-electron chi connectivity index (χ4n) is 2.64. The monoisotopic (exact) mass is 374 g/mol. The number of ether oxygens (including phenoxy) is 1. The third-order valence-electron chi connectivity index (χ3n) is 4.05. The van der Waals surface area contributed by atoms with Crippen LogP contribution in [0.2, 0.25) is 0 Å². The van der Waals surface area contributed by atoms with Crippen molar-refractivity contribution >= 4 is 28.9 Å². The molecule has 0 radical (unpaired) electrons. The summed E-state index contributed by atoms with van der Waals surface area (Å²) in [5.74, 6) is -0.322. The molecule has 0 unspecified atom stereocenters. The van der Waals surface area contributed by atoms with Gasteiger partial charge in [0.2, 0.25) is 0 Å². The number of aromatic nitrogens is 4. The molecule has 0 N–H and O–H groups in total. The predicted molar refractivity (Wildman–Crippen MR) is 98.5 cm³/mol. The van der Waals surface area contributed by atoms with Gasteiger partial charge in [0, 0.05) is 14.1 Å². The predicted octanol–water partition coefficient (Wildman–Crippen LogP) is 0.747. The average Bonchev–Trinajstić information content (AvgIpc) is 2.99. The number of hydrogen-bond acceptors (Lipinski definition) is 6. The normalized spacial score (nSPS) is 11.0. The summed E-state index contributed by atoms with van der Waals surface area (Å²) in [6.07, 6.45) is 0. The van der Waals surface area contributed by atoms with Crippen LogP contribution < -0.4 is 11.2 Å². The third-order valence-corrected chi connectivity index (χ3v) is 5.05. The van der Waals surface area contributed by atoms with E-state index in [-0.39, 0.29) is 12.3 Å². The quantitative estimate of drug-likeness (QED) is 0.484. The van der Waals surface area contributed by atoms with Crippen molar-refractivity contribution in [2.45, 2.75) is 11.7 Å². The van der Waals surface area contributed by atoms with Crippen LogP contribution in [0.25, 0.3) is 11.2 Å². The lowest BCUT2D eigenvalue weighted by Gasteiger charge is -2.08. The largest absolute Gasteiger partial charge is 0.468 e. The maximum absolute atomic E-state index is 12.9. The van der Waals surface area contributed by atoms with Gasteiger partial charge in [0.1, 0.15) is 0 Å². The van der Waals surface area contributed by atoms with Crippen LogP contribution in [0, 0.1) is 0 Å². The van der Waals surface area contributed by atoms with Crippen LogP contribution in [0.4, 0.5) is 0 Å². The molecule has 0 fully saturated rings. The zero-order valence-corrected chi connectivity index (χ0v) is 15.4. The number of thioether (sulfide) groups is 1. The summed E-state index contributed by atoms with van der Waals surface area (Å²) in [6, 6.07) is 9.30. The van der Waals surface area contributed by atoms with Gasteiger partial charge in [-0.15, -0.1) is 0 Å². The Morgan fingerprint density at radius 1 is 1.15 bits per heavy atom. The molecule has 2 heterocycles. The number of imidazole rings is 1. The van der Waals surface area contributed by atoms with E-state index in [1.54, 1.807) is 18.7 Å². The molecule has 1 aromatic carbocycles. The van der Waals surface area contributed by atoms with Gasteiger partial charge in [0.05, 0.1) is 19.4 Å². The van der Waals surface area contributed by atoms with E-state index in [0.717, 1.165) is 17.3 Å². The highest BCUT2D eigenvalue weighted by Gasteiger charge is 2.19. The van der Waals surface area contributed by atoms with Crippen molar-refractivity contribution < 1.29 is 9.53 Å². The number of carbonyl (C=O) groups excluding carboxylic acids is 1. The minimum absolute atomic E-state index is 0.0693. The standard InChI is InChI=1S/C17H18N4O4S/c1-19-13-14(18-16(19)26-10-12(22)25-3)20(2)17(24)21(15(13)23)9-11-7-5-4-6-8-11/h4-8H,9-10H2,1-3H3. The van der Waals surface area contributed by atoms with Crippen LogP contribution in [0.5, 0.6) is 0 Å². The van der Waals surface area contributed by atoms with Crippen molar-refractivity contribution in [1.29, 1.82) is 0 Å². The molecule has 8 nitrogen and oxygen atoms in total. The van der Waals surface area contributed by atoms with Crippen LogP contribution in [-0.2, 0) is 30.2 Å². The number of benzene rings is 1. The minimum atomic E-state index is -0.436. The first-order valence-electron chi connectivity index (χ1n) is 7.83. The molecule has 3 rings (SSSR count). The second kappa shape index (κ2) is 7.20. The van der Waals surface area contributed by atoms with Crippen LogP contribution >= 0.6 is 11.8 Å². The van der Waals surface area contributed by atoms with Gasteiger partial charge in [-0.2, -0.15) is 0 Å². The van der Waals surface area contributed by atoms with E-state index in [1.807, 2.05) is 30.3 Å². The summed E-state index contributed by atoms with van der Waals surface area (Å²) >= 11 is 1.15. The van der Waals surface area contributed by atoms with Gasteiger partial charge in [-0.25, -0.2) is 9.78 Å². The molecule has 0 bridgehead atoms. The van der Waals surface area contributed by atoms with Gasteiger partial charge >= 0.3 is 11.7 Å². The highest BCUT2D eigenvalue weighted by molar-refractivity contribution is 7.99. The fourth-order valence-corrected chi connectivity index (χ4v) is 3.44. The molecule has 0 spiro atoms. The number of aryl methyl sites for hydroxylation is 2. The number of carbonyl (C=O) groups is 1. The molecular weight excluding hydrogens is 356 g/mol. The van der Waals surface area contributed by atoms with Gasteiger partial charge in [0.25, 0.3) is 5.56 Å². The zero-order valence-electron chi connectivity index (χ0n) is 14.6. The Hall–Kier alpha value is -2.81. The summed E-state index contributed by atoms with van der Waals surface area (Å²) in [5, 5.41) is 0.468. The van der Waals surface area contributed by atoms with E-state index in [1.165, 1.54) is 16.2 Å². The van der Waals surface area contributed by atoms with E-state index >= 15 is 0 Å². The lowest BCUT2D eigenvalue weighted by atomic mass is 10.2. The molecule has 0 amide bonds. The molecule has 26 heavy (non-hydrogen) atoms. The van der Waals surface area contributed by atoms with Gasteiger partial charge in [-0.05, 0) is 5.56 Å². The topological polar surface area (TPSA) is 88.1 Å². The first kappa shape index (κ1) is 18.0. The summed E-state index contributed by atoms with van der Waals surface area (Å²) < 4.78 is 8.76. The molecule has 3 aromatic rings. The fraction of sp³-hybridized carbons (Fsp3) is 0.294. The van der Waals surface area contributed by atoms with Crippen molar-refractivity contribution in [3.63, 3.8) is 0 Å². The van der Waals surface area contributed by atoms with Crippen LogP contribution in [-0.4, -0.2) is 37.5 Å². The zero-order chi connectivity index (χ0) is 18.8. The van der Waals surface area contributed by atoms with Crippen molar-refractivity contribution in [1.82, 2.24) is 18.7 Å². The first-order valence-corrected chi connectivity index (χ1v) is 8.82. The molecule has 9 heteroatoms. The molecule has 0 aliphatic heterocycles. The maximum atomic E-state index is 12.9. The van der Waals surface area contributed by atoms with Crippen molar-refractivity contribution in [2.24, 2.45) is 14.1 Å². The van der Waals surface area contributed by atoms with Gasteiger partial charge < -0.3 is 9.30 Å². The van der Waals surface area contributed by atoms with Gasteiger partial charge in [-0.1, -0.05) is 42.1 Å². The minimum Gasteiger partial charge on any atom is -0.468 e. The van der Waals surface area contributed by atoms with E-state index in [9.17, 15) is 14.4 Å². The van der Waals surface area contributed by atoms with Crippen LogP contribution in [0.1, 0.15) is 5.56 Å². The lowest BCUT2D eigenvalue weighted by Crippen LogP contribution is -2.39. The smallest absolute Gasteiger partial charge is 0.332 e. The molecule has 2 aromatic heterocycles. The van der Waals surface area contributed by atoms with Crippen molar-refractivity contribution in [3.8, 4) is 0 Å². The Kier molecular flexibility index (Phi) is 4.99. The SMILES string of the molecule is COC(=O)CSc1nc2c(c(=O)n(Cc3ccccc3)c(=O)n2C)n1C. The van der Waals surface area contributed by atoms with E-state index in [0.29, 0.717) is 16.3 Å². The number of nitrogens with zero attached hydrogens (tertiary/aromatic N) is 4. The number of methoxy groups -OCH3 is 1. The van der Waals surface area contributed by atoms with Gasteiger partial charge in [-0.3, -0.25) is 18.7 Å². The van der Waals surface area contributed by atoms with E-state index in [4.69, 9.17) is 0 Å². The van der Waals surface area contributed by atoms with E-state index < -0.39 is 17.2 Å². The molecular formula is C17H18N4O4S. The molecule has 0 aliphatic rings. The highest BCUT2D eigenvalue weighted by Crippen LogP contribution is 2.20. The maximum Gasteiger partial charge on any atom is 0.332 e. The lowest BCUT2D eigenvalue weighted by molar-refractivity contribution is -0.137. The number of rotatable bonds is 5. The molecule has 136 valence electrons. The van der Waals surface area contributed by atoms with Crippen molar-refractivity contribution in [2.75, 3.05) is 12.9 Å². The second-order valence-corrected chi connectivity index (χ2v) is 6.65. The highest BCUT2D eigenvalue weighted by atomic mass is 32.2. The van der Waals surface area contributed by atoms with Crippen LogP contribution in [0.3, 0.4) is 0 Å². The number of esters is 1.